The highest BCUT2D eigenvalue weighted by molar-refractivity contribution is 5.92. The third-order valence-electron chi connectivity index (χ3n) is 2.00. The fraction of sp³-hybridized carbons (Fsp3) is 0.222. The van der Waals surface area contributed by atoms with E-state index in [-0.39, 0.29) is 17.2 Å². The van der Waals surface area contributed by atoms with Gasteiger partial charge in [0.25, 0.3) is 11.5 Å². The molecule has 0 unspecified atom stereocenters. The van der Waals surface area contributed by atoms with Crippen LogP contribution >= 0.6 is 0 Å². The first-order valence-corrected chi connectivity index (χ1v) is 4.39. The summed E-state index contributed by atoms with van der Waals surface area (Å²) in [4.78, 5) is 27.1. The second-order valence-corrected chi connectivity index (χ2v) is 3.34. The topological polar surface area (TPSA) is 70.5 Å². The minimum Gasteiger partial charge on any atom is -0.346 e. The molecule has 0 aromatic carbocycles. The zero-order valence-corrected chi connectivity index (χ0v) is 8.39. The van der Waals surface area contributed by atoms with Crippen molar-refractivity contribution in [2.24, 2.45) is 0 Å². The highest BCUT2D eigenvalue weighted by Crippen LogP contribution is 2.02. The van der Waals surface area contributed by atoms with Crippen LogP contribution in [-0.4, -0.2) is 39.5 Å². The molecule has 15 heavy (non-hydrogen) atoms. The lowest BCUT2D eigenvalue weighted by Crippen LogP contribution is -2.22. The van der Waals surface area contributed by atoms with E-state index in [1.54, 1.807) is 20.2 Å². The van der Waals surface area contributed by atoms with Gasteiger partial charge in [-0.3, -0.25) is 9.59 Å². The molecule has 0 spiro atoms. The average Bonchev–Trinajstić information content (AvgIpc) is 2.61. The number of hydrogen-bond acceptors (Lipinski definition) is 3. The molecule has 0 aliphatic rings. The summed E-state index contributed by atoms with van der Waals surface area (Å²) in [5, 5.41) is 3.92. The summed E-state index contributed by atoms with van der Waals surface area (Å²) in [6.45, 7) is 0. The number of fused-ring (bicyclic) bond motifs is 1. The van der Waals surface area contributed by atoms with E-state index >= 15 is 0 Å². The lowest BCUT2D eigenvalue weighted by atomic mass is 10.4. The van der Waals surface area contributed by atoms with Crippen molar-refractivity contribution in [3.05, 3.63) is 34.4 Å². The minimum atomic E-state index is -0.262. The largest absolute Gasteiger partial charge is 0.346 e. The predicted octanol–water partition coefficient (Wildman–Crippen LogP) is -0.276. The number of nitrogens with one attached hydrogen (secondary N) is 1. The summed E-state index contributed by atoms with van der Waals surface area (Å²) in [6.07, 6.45) is 1.52. The van der Waals surface area contributed by atoms with E-state index in [4.69, 9.17) is 0 Å². The van der Waals surface area contributed by atoms with Gasteiger partial charge in [-0.15, -0.1) is 0 Å². The number of amides is 1. The van der Waals surface area contributed by atoms with E-state index in [2.05, 4.69) is 10.1 Å². The normalized spacial score (nSPS) is 10.5. The fourth-order valence-corrected chi connectivity index (χ4v) is 1.25. The van der Waals surface area contributed by atoms with E-state index < -0.39 is 0 Å². The van der Waals surface area contributed by atoms with Gasteiger partial charge in [0.2, 0.25) is 0 Å². The molecule has 2 aromatic rings. The molecule has 0 radical (unpaired) electrons. The second kappa shape index (κ2) is 3.23. The second-order valence-electron chi connectivity index (χ2n) is 3.34. The molecular formula is C9H10N4O2. The number of carbonyl (C=O) groups excluding carboxylic acids is 1. The SMILES string of the molecule is CN(C)C(=O)c1cc2[nH]ccc(=O)n2n1. The summed E-state index contributed by atoms with van der Waals surface area (Å²) in [5.41, 5.74) is 0.494. The van der Waals surface area contributed by atoms with E-state index in [9.17, 15) is 9.59 Å². The first-order chi connectivity index (χ1) is 7.09. The number of aromatic amines is 1. The molecule has 78 valence electrons. The Bertz CT molecular complexity index is 567. The maximum absolute atomic E-state index is 11.6. The van der Waals surface area contributed by atoms with E-state index in [1.165, 1.54) is 17.2 Å². The van der Waals surface area contributed by atoms with Gasteiger partial charge in [0.05, 0.1) is 0 Å². The Morgan fingerprint density at radius 3 is 2.87 bits per heavy atom. The van der Waals surface area contributed by atoms with Gasteiger partial charge in [0.1, 0.15) is 5.65 Å². The van der Waals surface area contributed by atoms with Crippen molar-refractivity contribution in [2.45, 2.75) is 0 Å². The lowest BCUT2D eigenvalue weighted by Gasteiger charge is -2.05. The summed E-state index contributed by atoms with van der Waals surface area (Å²) >= 11 is 0. The maximum Gasteiger partial charge on any atom is 0.274 e. The van der Waals surface area contributed by atoms with Crippen LogP contribution in [0, 0.1) is 0 Å². The van der Waals surface area contributed by atoms with Gasteiger partial charge in [-0.05, 0) is 0 Å². The standard InChI is InChI=1S/C9H10N4O2/c1-12(2)9(15)6-5-7-10-4-3-8(14)13(7)11-6/h3-5,10H,1-2H3. The van der Waals surface area contributed by atoms with Crippen molar-refractivity contribution in [3.8, 4) is 0 Å². The molecule has 0 saturated heterocycles. The summed E-state index contributed by atoms with van der Waals surface area (Å²) < 4.78 is 1.16. The lowest BCUT2D eigenvalue weighted by molar-refractivity contribution is 0.0821. The summed E-state index contributed by atoms with van der Waals surface area (Å²) in [7, 11) is 3.27. The van der Waals surface area contributed by atoms with Crippen molar-refractivity contribution in [3.63, 3.8) is 0 Å². The molecule has 0 bridgehead atoms. The van der Waals surface area contributed by atoms with Crippen LogP contribution in [0.25, 0.3) is 5.65 Å². The van der Waals surface area contributed by atoms with E-state index in [0.717, 1.165) is 4.52 Å². The molecule has 0 aliphatic heterocycles. The van der Waals surface area contributed by atoms with Gasteiger partial charge in [-0.25, -0.2) is 0 Å². The minimum absolute atomic E-state index is 0.230. The van der Waals surface area contributed by atoms with Gasteiger partial charge in [-0.1, -0.05) is 0 Å². The van der Waals surface area contributed by atoms with Gasteiger partial charge >= 0.3 is 0 Å². The van der Waals surface area contributed by atoms with Crippen LogP contribution in [0.3, 0.4) is 0 Å². The molecule has 6 nitrogen and oxygen atoms in total. The van der Waals surface area contributed by atoms with Crippen LogP contribution in [-0.2, 0) is 0 Å². The van der Waals surface area contributed by atoms with Crippen LogP contribution in [0.4, 0.5) is 0 Å². The third kappa shape index (κ3) is 1.50. The highest BCUT2D eigenvalue weighted by atomic mass is 16.2. The molecule has 6 heteroatoms. The Morgan fingerprint density at radius 2 is 2.27 bits per heavy atom. The number of H-pyrrole nitrogens is 1. The van der Waals surface area contributed by atoms with Crippen LogP contribution in [0.5, 0.6) is 0 Å². The monoisotopic (exact) mass is 206 g/mol. The number of nitrogens with zero attached hydrogens (tertiary/aromatic N) is 3. The van der Waals surface area contributed by atoms with Gasteiger partial charge < -0.3 is 9.88 Å². The summed E-state index contributed by atoms with van der Waals surface area (Å²) in [6, 6.07) is 2.90. The Morgan fingerprint density at radius 1 is 1.53 bits per heavy atom. The summed E-state index contributed by atoms with van der Waals surface area (Å²) in [5.74, 6) is -0.230. The molecule has 0 atom stereocenters. The van der Waals surface area contributed by atoms with Crippen molar-refractivity contribution in [1.29, 1.82) is 0 Å². The van der Waals surface area contributed by atoms with Crippen molar-refractivity contribution < 1.29 is 4.79 Å². The molecule has 0 aliphatic carbocycles. The molecular weight excluding hydrogens is 196 g/mol. The smallest absolute Gasteiger partial charge is 0.274 e. The Balaban J connectivity index is 2.62. The molecule has 2 rings (SSSR count). The first-order valence-electron chi connectivity index (χ1n) is 4.39. The van der Waals surface area contributed by atoms with Gasteiger partial charge in [-0.2, -0.15) is 9.61 Å². The molecule has 0 saturated carbocycles. The van der Waals surface area contributed by atoms with Crippen molar-refractivity contribution in [2.75, 3.05) is 14.1 Å². The zero-order chi connectivity index (χ0) is 11.0. The quantitative estimate of drug-likeness (QED) is 0.697. The van der Waals surface area contributed by atoms with Gasteiger partial charge in [0, 0.05) is 32.4 Å². The van der Waals surface area contributed by atoms with Crippen LogP contribution in [0.2, 0.25) is 0 Å². The fourth-order valence-electron chi connectivity index (χ4n) is 1.25. The Kier molecular flexibility index (Phi) is 2.03. The van der Waals surface area contributed by atoms with E-state index in [1.807, 2.05) is 0 Å². The number of rotatable bonds is 1. The number of aromatic nitrogens is 3. The predicted molar refractivity (Wildman–Crippen MR) is 53.8 cm³/mol. The Labute approximate surface area is 85.1 Å². The van der Waals surface area contributed by atoms with Crippen LogP contribution < -0.4 is 5.56 Å². The molecule has 0 fully saturated rings. The zero-order valence-electron chi connectivity index (χ0n) is 8.39. The Hall–Kier alpha value is -2.11. The molecule has 2 aromatic heterocycles. The molecule has 1 N–H and O–H groups in total. The highest BCUT2D eigenvalue weighted by Gasteiger charge is 2.13. The molecule has 2 heterocycles. The average molecular weight is 206 g/mol. The van der Waals surface area contributed by atoms with Crippen molar-refractivity contribution >= 4 is 11.6 Å². The first kappa shape index (κ1) is 9.45. The van der Waals surface area contributed by atoms with Crippen LogP contribution in [0.1, 0.15) is 10.5 Å². The third-order valence-corrected chi connectivity index (χ3v) is 2.00. The van der Waals surface area contributed by atoms with Crippen LogP contribution in [0.15, 0.2) is 23.1 Å². The number of hydrogen-bond donors (Lipinski definition) is 1. The maximum atomic E-state index is 11.6. The van der Waals surface area contributed by atoms with E-state index in [0.29, 0.717) is 5.65 Å². The van der Waals surface area contributed by atoms with Crippen molar-refractivity contribution in [1.82, 2.24) is 19.5 Å². The van der Waals surface area contributed by atoms with Gasteiger partial charge in [0.15, 0.2) is 5.69 Å². The number of carbonyl (C=O) groups is 1. The molecule has 1 amide bonds.